The standard InChI is InChI=1S/C20H14Cl3N3/c21-15-4-1-13(2-5-15)20(26-8-7-24-12-26)17-11-25-10-16(17)14-3-6-18(22)19(23)9-14/h1-12,20,25H/t20-/m0/s1. The maximum Gasteiger partial charge on any atom is 0.0954 e. The second-order valence-corrected chi connectivity index (χ2v) is 7.17. The van der Waals surface area contributed by atoms with Crippen LogP contribution < -0.4 is 0 Å². The molecule has 0 amide bonds. The Morgan fingerprint density at radius 1 is 0.923 bits per heavy atom. The molecule has 4 aromatic rings. The Bertz CT molecular complexity index is 1020. The molecule has 0 unspecified atom stereocenters. The molecule has 0 bridgehead atoms. The molecule has 0 aliphatic heterocycles. The fourth-order valence-electron chi connectivity index (χ4n) is 3.10. The Balaban J connectivity index is 1.86. The molecule has 6 heteroatoms. The van der Waals surface area contributed by atoms with Gasteiger partial charge in [-0.15, -0.1) is 0 Å². The van der Waals surface area contributed by atoms with Gasteiger partial charge in [-0.05, 0) is 35.4 Å². The third kappa shape index (κ3) is 3.26. The summed E-state index contributed by atoms with van der Waals surface area (Å²) < 4.78 is 2.06. The number of nitrogens with zero attached hydrogens (tertiary/aromatic N) is 2. The van der Waals surface area contributed by atoms with Gasteiger partial charge in [0.15, 0.2) is 0 Å². The van der Waals surface area contributed by atoms with Crippen molar-refractivity contribution in [2.24, 2.45) is 0 Å². The highest BCUT2D eigenvalue weighted by Gasteiger charge is 2.21. The van der Waals surface area contributed by atoms with Crippen molar-refractivity contribution in [3.8, 4) is 11.1 Å². The predicted octanol–water partition coefficient (Wildman–Crippen LogP) is 6.48. The Morgan fingerprint density at radius 2 is 1.73 bits per heavy atom. The van der Waals surface area contributed by atoms with Gasteiger partial charge < -0.3 is 9.55 Å². The largest absolute Gasteiger partial charge is 0.367 e. The van der Waals surface area contributed by atoms with Crippen molar-refractivity contribution in [1.82, 2.24) is 14.5 Å². The molecular weight excluding hydrogens is 389 g/mol. The van der Waals surface area contributed by atoms with E-state index in [1.807, 2.05) is 67.4 Å². The first-order chi connectivity index (χ1) is 12.6. The normalized spacial score (nSPS) is 12.3. The van der Waals surface area contributed by atoms with Gasteiger partial charge in [0, 0.05) is 40.9 Å². The number of rotatable bonds is 4. The van der Waals surface area contributed by atoms with E-state index in [1.54, 1.807) is 6.20 Å². The van der Waals surface area contributed by atoms with E-state index in [4.69, 9.17) is 34.8 Å². The molecule has 2 aromatic carbocycles. The highest BCUT2D eigenvalue weighted by atomic mass is 35.5. The van der Waals surface area contributed by atoms with E-state index in [0.717, 1.165) is 22.3 Å². The SMILES string of the molecule is Clc1ccc([C@@H](c2c[nH]cc2-c2ccc(Cl)c(Cl)c2)n2ccnc2)cc1. The number of benzene rings is 2. The van der Waals surface area contributed by atoms with Crippen LogP contribution in [0.4, 0.5) is 0 Å². The summed E-state index contributed by atoms with van der Waals surface area (Å²) in [7, 11) is 0. The van der Waals surface area contributed by atoms with Crippen molar-refractivity contribution in [1.29, 1.82) is 0 Å². The zero-order chi connectivity index (χ0) is 18.1. The number of halogens is 3. The van der Waals surface area contributed by atoms with Gasteiger partial charge in [0.2, 0.25) is 0 Å². The number of aromatic nitrogens is 3. The summed E-state index contributed by atoms with van der Waals surface area (Å²) in [6.45, 7) is 0. The van der Waals surface area contributed by atoms with Crippen LogP contribution in [0.2, 0.25) is 15.1 Å². The monoisotopic (exact) mass is 401 g/mol. The number of nitrogens with one attached hydrogen (secondary N) is 1. The van der Waals surface area contributed by atoms with Crippen molar-refractivity contribution < 1.29 is 0 Å². The lowest BCUT2D eigenvalue weighted by Crippen LogP contribution is -2.10. The highest BCUT2D eigenvalue weighted by molar-refractivity contribution is 6.42. The van der Waals surface area contributed by atoms with Crippen LogP contribution in [-0.2, 0) is 0 Å². The Kier molecular flexibility index (Phi) is 4.77. The number of aromatic amines is 1. The van der Waals surface area contributed by atoms with Gasteiger partial charge in [0.25, 0.3) is 0 Å². The van der Waals surface area contributed by atoms with E-state index in [-0.39, 0.29) is 6.04 Å². The lowest BCUT2D eigenvalue weighted by Gasteiger charge is -2.20. The Morgan fingerprint density at radius 3 is 2.42 bits per heavy atom. The minimum Gasteiger partial charge on any atom is -0.367 e. The topological polar surface area (TPSA) is 33.6 Å². The third-order valence-electron chi connectivity index (χ3n) is 4.31. The smallest absolute Gasteiger partial charge is 0.0954 e. The van der Waals surface area contributed by atoms with E-state index in [1.165, 1.54) is 0 Å². The summed E-state index contributed by atoms with van der Waals surface area (Å²) in [5.41, 5.74) is 4.25. The molecule has 2 heterocycles. The molecule has 3 nitrogen and oxygen atoms in total. The molecule has 0 aliphatic rings. The zero-order valence-corrected chi connectivity index (χ0v) is 15.8. The Hall–Kier alpha value is -2.20. The van der Waals surface area contributed by atoms with E-state index < -0.39 is 0 Å². The van der Waals surface area contributed by atoms with Gasteiger partial charge in [-0.25, -0.2) is 4.98 Å². The van der Waals surface area contributed by atoms with Crippen molar-refractivity contribution in [3.63, 3.8) is 0 Å². The minimum absolute atomic E-state index is 0.0505. The summed E-state index contributed by atoms with van der Waals surface area (Å²) in [6, 6.07) is 13.4. The van der Waals surface area contributed by atoms with Crippen LogP contribution in [-0.4, -0.2) is 14.5 Å². The fraction of sp³-hybridized carbons (Fsp3) is 0.0500. The third-order valence-corrected chi connectivity index (χ3v) is 5.30. The van der Waals surface area contributed by atoms with E-state index in [9.17, 15) is 0 Å². The molecule has 0 saturated heterocycles. The molecule has 2 aromatic heterocycles. The minimum atomic E-state index is -0.0505. The molecule has 130 valence electrons. The number of hydrogen-bond donors (Lipinski definition) is 1. The van der Waals surface area contributed by atoms with Gasteiger partial charge in [-0.2, -0.15) is 0 Å². The van der Waals surface area contributed by atoms with Crippen molar-refractivity contribution >= 4 is 34.8 Å². The molecule has 4 rings (SSSR count). The molecule has 0 spiro atoms. The molecule has 1 atom stereocenters. The second-order valence-electron chi connectivity index (χ2n) is 5.92. The number of hydrogen-bond acceptors (Lipinski definition) is 1. The second kappa shape index (κ2) is 7.20. The average Bonchev–Trinajstić information content (AvgIpc) is 3.32. The maximum atomic E-state index is 6.22. The Labute approximate surface area is 166 Å². The summed E-state index contributed by atoms with van der Waals surface area (Å²) in [6.07, 6.45) is 9.50. The van der Waals surface area contributed by atoms with E-state index in [2.05, 4.69) is 14.5 Å². The van der Waals surface area contributed by atoms with Crippen LogP contribution in [0.15, 0.2) is 73.6 Å². The molecule has 0 aliphatic carbocycles. The molecule has 26 heavy (non-hydrogen) atoms. The van der Waals surface area contributed by atoms with Crippen LogP contribution >= 0.6 is 34.8 Å². The fourth-order valence-corrected chi connectivity index (χ4v) is 3.52. The molecule has 0 saturated carbocycles. The van der Waals surface area contributed by atoms with Gasteiger partial charge in [0.1, 0.15) is 0 Å². The molecule has 0 fully saturated rings. The van der Waals surface area contributed by atoms with Crippen LogP contribution in [0, 0.1) is 0 Å². The summed E-state index contributed by atoms with van der Waals surface area (Å²) in [4.78, 5) is 7.43. The van der Waals surface area contributed by atoms with Gasteiger partial charge in [0.05, 0.1) is 22.4 Å². The first-order valence-corrected chi connectivity index (χ1v) is 9.12. The number of imidazole rings is 1. The van der Waals surface area contributed by atoms with Crippen molar-refractivity contribution in [3.05, 3.63) is 99.8 Å². The van der Waals surface area contributed by atoms with E-state index >= 15 is 0 Å². The van der Waals surface area contributed by atoms with Crippen LogP contribution in [0.5, 0.6) is 0 Å². The van der Waals surface area contributed by atoms with E-state index in [0.29, 0.717) is 15.1 Å². The summed E-state index contributed by atoms with van der Waals surface area (Å²) in [5.74, 6) is 0. The maximum absolute atomic E-state index is 6.22. The molecule has 0 radical (unpaired) electrons. The van der Waals surface area contributed by atoms with Crippen molar-refractivity contribution in [2.75, 3.05) is 0 Å². The lowest BCUT2D eigenvalue weighted by atomic mass is 9.94. The van der Waals surface area contributed by atoms with Crippen molar-refractivity contribution in [2.45, 2.75) is 6.04 Å². The van der Waals surface area contributed by atoms with Gasteiger partial charge in [-0.3, -0.25) is 0 Å². The number of H-pyrrole nitrogens is 1. The molecular formula is C20H14Cl3N3. The first-order valence-electron chi connectivity index (χ1n) is 7.98. The zero-order valence-electron chi connectivity index (χ0n) is 13.5. The van der Waals surface area contributed by atoms with Crippen LogP contribution in [0.25, 0.3) is 11.1 Å². The van der Waals surface area contributed by atoms with Crippen LogP contribution in [0.3, 0.4) is 0 Å². The first kappa shape index (κ1) is 17.2. The van der Waals surface area contributed by atoms with Gasteiger partial charge >= 0.3 is 0 Å². The quantitative estimate of drug-likeness (QED) is 0.416. The summed E-state index contributed by atoms with van der Waals surface area (Å²) in [5, 5.41) is 1.77. The lowest BCUT2D eigenvalue weighted by molar-refractivity contribution is 0.679. The highest BCUT2D eigenvalue weighted by Crippen LogP contribution is 2.36. The molecule has 1 N–H and O–H groups in total. The average molecular weight is 403 g/mol. The van der Waals surface area contributed by atoms with Gasteiger partial charge in [-0.1, -0.05) is 53.0 Å². The predicted molar refractivity (Wildman–Crippen MR) is 107 cm³/mol. The van der Waals surface area contributed by atoms with Crippen LogP contribution in [0.1, 0.15) is 17.2 Å². The summed E-state index contributed by atoms with van der Waals surface area (Å²) >= 11 is 18.4.